The van der Waals surface area contributed by atoms with Crippen LogP contribution in [0, 0.1) is 0 Å². The third kappa shape index (κ3) is 4.92. The van der Waals surface area contributed by atoms with Crippen LogP contribution in [0.25, 0.3) is 22.5 Å². The van der Waals surface area contributed by atoms with Crippen LogP contribution in [0.15, 0.2) is 79.3 Å². The fourth-order valence-corrected chi connectivity index (χ4v) is 4.67. The molecule has 2 aromatic carbocycles. The van der Waals surface area contributed by atoms with Crippen molar-refractivity contribution in [3.05, 3.63) is 90.5 Å². The number of pyridine rings is 1. The van der Waals surface area contributed by atoms with Gasteiger partial charge in [0.1, 0.15) is 5.75 Å². The van der Waals surface area contributed by atoms with Gasteiger partial charge in [0.15, 0.2) is 5.82 Å². The Hall–Kier alpha value is -3.77. The van der Waals surface area contributed by atoms with Gasteiger partial charge in [-0.1, -0.05) is 24.3 Å². The molecule has 3 heterocycles. The smallest absolute Gasteiger partial charge is 0.159 e. The fraction of sp³-hybridized carbons (Fsp3) is 0.250. The van der Waals surface area contributed by atoms with Gasteiger partial charge < -0.3 is 10.5 Å². The Bertz CT molecular complexity index is 1250. The zero-order chi connectivity index (χ0) is 23.3. The average Bonchev–Trinajstić information content (AvgIpc) is 2.89. The van der Waals surface area contributed by atoms with Gasteiger partial charge in [-0.2, -0.15) is 0 Å². The van der Waals surface area contributed by atoms with Crippen LogP contribution in [-0.2, 0) is 6.54 Å². The molecule has 5 rings (SSSR count). The lowest BCUT2D eigenvalue weighted by molar-refractivity contribution is 0.203. The van der Waals surface area contributed by atoms with Crippen LogP contribution in [0.1, 0.15) is 30.0 Å². The molecule has 1 aliphatic rings. The molecule has 2 aromatic heterocycles. The van der Waals surface area contributed by atoms with E-state index in [-0.39, 0.29) is 0 Å². The molecule has 6 heteroatoms. The highest BCUT2D eigenvalue weighted by atomic mass is 16.5. The predicted molar refractivity (Wildman–Crippen MR) is 135 cm³/mol. The number of aromatic nitrogens is 3. The quantitative estimate of drug-likeness (QED) is 0.407. The van der Waals surface area contributed by atoms with E-state index in [4.69, 9.17) is 20.4 Å². The number of rotatable bonds is 6. The van der Waals surface area contributed by atoms with Gasteiger partial charge in [-0.25, -0.2) is 9.97 Å². The van der Waals surface area contributed by atoms with Crippen molar-refractivity contribution in [3.8, 4) is 28.3 Å². The molecule has 0 unspecified atom stereocenters. The summed E-state index contributed by atoms with van der Waals surface area (Å²) in [5, 5.41) is 0. The summed E-state index contributed by atoms with van der Waals surface area (Å²) in [6.45, 7) is 2.96. The topological polar surface area (TPSA) is 77.2 Å². The fourth-order valence-electron chi connectivity index (χ4n) is 4.67. The van der Waals surface area contributed by atoms with Crippen LogP contribution in [-0.4, -0.2) is 40.1 Å². The summed E-state index contributed by atoms with van der Waals surface area (Å²) >= 11 is 0. The predicted octanol–water partition coefficient (Wildman–Crippen LogP) is 5.18. The van der Waals surface area contributed by atoms with Crippen molar-refractivity contribution in [3.63, 3.8) is 0 Å². The van der Waals surface area contributed by atoms with Crippen LogP contribution in [0.5, 0.6) is 5.75 Å². The highest BCUT2D eigenvalue weighted by molar-refractivity contribution is 5.69. The second-order valence-electron chi connectivity index (χ2n) is 8.76. The molecule has 0 atom stereocenters. The zero-order valence-corrected chi connectivity index (χ0v) is 19.4. The Morgan fingerprint density at radius 2 is 1.76 bits per heavy atom. The first kappa shape index (κ1) is 22.0. The second-order valence-corrected chi connectivity index (χ2v) is 8.76. The Labute approximate surface area is 200 Å². The number of nitrogen functional groups attached to an aromatic ring is 1. The molecule has 172 valence electrons. The van der Waals surface area contributed by atoms with E-state index < -0.39 is 0 Å². The molecule has 2 N–H and O–H groups in total. The normalized spacial score (nSPS) is 14.7. The summed E-state index contributed by atoms with van der Waals surface area (Å²) < 4.78 is 5.47. The van der Waals surface area contributed by atoms with Crippen LogP contribution >= 0.6 is 0 Å². The molecule has 1 aliphatic heterocycles. The molecule has 0 amide bonds. The van der Waals surface area contributed by atoms with Crippen LogP contribution in [0.4, 0.5) is 5.69 Å². The van der Waals surface area contributed by atoms with E-state index in [2.05, 4.69) is 34.1 Å². The molecule has 0 spiro atoms. The van der Waals surface area contributed by atoms with Gasteiger partial charge >= 0.3 is 0 Å². The standard InChI is InChI=1S/C28H29N5O/c1-34-25-7-3-5-23(17-25)26-18-31-28(22-8-12-30-13-9-22)32-27(26)21-10-14-33(15-11-21)19-20-4-2-6-24(29)16-20/h2-9,12-13,16-18,21H,10-11,14-15,19,29H2,1H3. The van der Waals surface area contributed by atoms with Crippen molar-refractivity contribution in [2.45, 2.75) is 25.3 Å². The third-order valence-corrected chi connectivity index (χ3v) is 6.47. The average molecular weight is 452 g/mol. The highest BCUT2D eigenvalue weighted by Crippen LogP contribution is 2.36. The number of anilines is 1. The summed E-state index contributed by atoms with van der Waals surface area (Å²) in [5.41, 5.74) is 12.3. The second kappa shape index (κ2) is 10.0. The van der Waals surface area contributed by atoms with Gasteiger partial charge in [0.2, 0.25) is 0 Å². The van der Waals surface area contributed by atoms with E-state index in [1.165, 1.54) is 5.56 Å². The molecule has 0 radical (unpaired) electrons. The number of hydrogen-bond donors (Lipinski definition) is 1. The van der Waals surface area contributed by atoms with E-state index >= 15 is 0 Å². The molecule has 6 nitrogen and oxygen atoms in total. The maximum atomic E-state index is 5.97. The first-order chi connectivity index (χ1) is 16.7. The number of ether oxygens (including phenoxy) is 1. The Morgan fingerprint density at radius 1 is 0.971 bits per heavy atom. The first-order valence-electron chi connectivity index (χ1n) is 11.7. The number of likely N-dealkylation sites (tertiary alicyclic amines) is 1. The summed E-state index contributed by atoms with van der Waals surface area (Å²) in [4.78, 5) is 16.5. The summed E-state index contributed by atoms with van der Waals surface area (Å²) in [6, 6.07) is 20.2. The molecular weight excluding hydrogens is 422 g/mol. The minimum Gasteiger partial charge on any atom is -0.497 e. The SMILES string of the molecule is COc1cccc(-c2cnc(-c3ccncc3)nc2C2CCN(Cc3cccc(N)c3)CC2)c1. The summed E-state index contributed by atoms with van der Waals surface area (Å²) in [7, 11) is 1.69. The van der Waals surface area contributed by atoms with E-state index in [1.54, 1.807) is 19.5 Å². The molecule has 34 heavy (non-hydrogen) atoms. The monoisotopic (exact) mass is 451 g/mol. The number of nitrogens with zero attached hydrogens (tertiary/aromatic N) is 4. The number of methoxy groups -OCH3 is 1. The van der Waals surface area contributed by atoms with Crippen LogP contribution in [0.2, 0.25) is 0 Å². The van der Waals surface area contributed by atoms with Gasteiger partial charge in [-0.3, -0.25) is 9.88 Å². The number of hydrogen-bond acceptors (Lipinski definition) is 6. The highest BCUT2D eigenvalue weighted by Gasteiger charge is 2.25. The van der Waals surface area contributed by atoms with Crippen molar-refractivity contribution in [2.24, 2.45) is 0 Å². The molecule has 0 saturated carbocycles. The molecule has 4 aromatic rings. The van der Waals surface area contributed by atoms with Gasteiger partial charge in [-0.15, -0.1) is 0 Å². The molecule has 0 bridgehead atoms. The number of piperidine rings is 1. The van der Waals surface area contributed by atoms with Crippen molar-refractivity contribution >= 4 is 5.69 Å². The van der Waals surface area contributed by atoms with Crippen molar-refractivity contribution < 1.29 is 4.74 Å². The molecular formula is C28H29N5O. The maximum absolute atomic E-state index is 5.97. The Kier molecular flexibility index (Phi) is 6.49. The van der Waals surface area contributed by atoms with E-state index in [1.807, 2.05) is 42.6 Å². The lowest BCUT2D eigenvalue weighted by atomic mass is 9.88. The van der Waals surface area contributed by atoms with Gasteiger partial charge in [0.25, 0.3) is 0 Å². The van der Waals surface area contributed by atoms with Gasteiger partial charge in [-0.05, 0) is 73.5 Å². The van der Waals surface area contributed by atoms with E-state index in [9.17, 15) is 0 Å². The molecule has 1 fully saturated rings. The minimum absolute atomic E-state index is 0.363. The van der Waals surface area contributed by atoms with Gasteiger partial charge in [0.05, 0.1) is 12.8 Å². The van der Waals surface area contributed by atoms with Crippen LogP contribution < -0.4 is 10.5 Å². The first-order valence-corrected chi connectivity index (χ1v) is 11.7. The zero-order valence-electron chi connectivity index (χ0n) is 19.4. The lowest BCUT2D eigenvalue weighted by Gasteiger charge is -2.32. The van der Waals surface area contributed by atoms with E-state index in [0.717, 1.165) is 72.1 Å². The maximum Gasteiger partial charge on any atom is 0.159 e. The Balaban J connectivity index is 1.43. The molecule has 0 aliphatic carbocycles. The van der Waals surface area contributed by atoms with E-state index in [0.29, 0.717) is 5.92 Å². The summed E-state index contributed by atoms with van der Waals surface area (Å²) in [6.07, 6.45) is 7.62. The largest absolute Gasteiger partial charge is 0.497 e. The van der Waals surface area contributed by atoms with Crippen molar-refractivity contribution in [1.82, 2.24) is 19.9 Å². The minimum atomic E-state index is 0.363. The molecule has 1 saturated heterocycles. The summed E-state index contributed by atoms with van der Waals surface area (Å²) in [5.74, 6) is 1.94. The number of benzene rings is 2. The Morgan fingerprint density at radius 3 is 2.53 bits per heavy atom. The van der Waals surface area contributed by atoms with Gasteiger partial charge in [0, 0.05) is 47.9 Å². The lowest BCUT2D eigenvalue weighted by Crippen LogP contribution is -2.33. The van der Waals surface area contributed by atoms with Crippen molar-refractivity contribution in [1.29, 1.82) is 0 Å². The van der Waals surface area contributed by atoms with Crippen LogP contribution in [0.3, 0.4) is 0 Å². The van der Waals surface area contributed by atoms with Crippen molar-refractivity contribution in [2.75, 3.05) is 25.9 Å². The number of nitrogens with two attached hydrogens (primary N) is 1. The third-order valence-electron chi connectivity index (χ3n) is 6.47.